The number of pyridine rings is 1. The summed E-state index contributed by atoms with van der Waals surface area (Å²) < 4.78 is 8.29. The average Bonchev–Trinajstić information content (AvgIpc) is 3.05. The Hall–Kier alpha value is -2.48. The molecule has 0 fully saturated rings. The van der Waals surface area contributed by atoms with Crippen molar-refractivity contribution in [2.75, 3.05) is 0 Å². The van der Waals surface area contributed by atoms with Crippen LogP contribution >= 0.6 is 0 Å². The van der Waals surface area contributed by atoms with E-state index in [0.717, 1.165) is 16.7 Å². The highest BCUT2D eigenvalue weighted by molar-refractivity contribution is 6.19. The van der Waals surface area contributed by atoms with E-state index in [9.17, 15) is 0 Å². The molecule has 4 heterocycles. The minimum Gasteiger partial charge on any atom is -0.454 e. The molecular weight excluding hydrogens is 222 g/mol. The molecule has 5 aromatic rings. The van der Waals surface area contributed by atoms with Gasteiger partial charge in [0.15, 0.2) is 5.58 Å². The Morgan fingerprint density at radius 1 is 0.778 bits per heavy atom. The summed E-state index contributed by atoms with van der Waals surface area (Å²) in [6.45, 7) is 0. The molecule has 0 atom stereocenters. The number of rotatable bonds is 0. The van der Waals surface area contributed by atoms with Crippen LogP contribution < -0.4 is 0 Å². The molecule has 2 heteroatoms. The Kier molecular flexibility index (Phi) is 1.27. The van der Waals surface area contributed by atoms with Crippen molar-refractivity contribution in [3.05, 3.63) is 54.6 Å². The predicted octanol–water partition coefficient (Wildman–Crippen LogP) is 4.43. The normalized spacial score (nSPS) is 12.4. The third kappa shape index (κ3) is 0.798. The van der Waals surface area contributed by atoms with E-state index in [0.29, 0.717) is 0 Å². The van der Waals surface area contributed by atoms with Crippen molar-refractivity contribution in [2.24, 2.45) is 0 Å². The van der Waals surface area contributed by atoms with Crippen molar-refractivity contribution in [3.63, 3.8) is 0 Å². The summed E-state index contributed by atoms with van der Waals surface area (Å²) in [5.74, 6) is 0. The second-order valence-corrected chi connectivity index (χ2v) is 4.69. The summed E-state index contributed by atoms with van der Waals surface area (Å²) in [7, 11) is 0. The molecule has 0 spiro atoms. The smallest absolute Gasteiger partial charge is 0.161 e. The standard InChI is InChI=1S/C16H9NO/c1-2-7-14-11(5-1)15-12-9-8-10-4-3-6-13(17(10)12)16(15)18-14/h1-9H. The van der Waals surface area contributed by atoms with E-state index in [-0.39, 0.29) is 0 Å². The summed E-state index contributed by atoms with van der Waals surface area (Å²) >= 11 is 0. The Morgan fingerprint density at radius 3 is 2.72 bits per heavy atom. The van der Waals surface area contributed by atoms with E-state index in [2.05, 4.69) is 46.9 Å². The lowest BCUT2D eigenvalue weighted by molar-refractivity contribution is 0.672. The van der Waals surface area contributed by atoms with Crippen LogP contribution in [-0.4, -0.2) is 4.40 Å². The molecule has 0 unspecified atom stereocenters. The Labute approximate surface area is 102 Å². The van der Waals surface area contributed by atoms with Crippen LogP contribution in [0.15, 0.2) is 59.0 Å². The molecule has 5 rings (SSSR count). The molecule has 0 N–H and O–H groups in total. The van der Waals surface area contributed by atoms with Crippen LogP contribution in [0, 0.1) is 0 Å². The van der Waals surface area contributed by atoms with Crippen molar-refractivity contribution < 1.29 is 4.42 Å². The number of hydrogen-bond donors (Lipinski definition) is 0. The highest BCUT2D eigenvalue weighted by Crippen LogP contribution is 2.38. The minimum atomic E-state index is 0.965. The first-order valence-corrected chi connectivity index (χ1v) is 6.06. The average molecular weight is 231 g/mol. The summed E-state index contributed by atoms with van der Waals surface area (Å²) in [6.07, 6.45) is 0. The molecule has 0 saturated carbocycles. The van der Waals surface area contributed by atoms with Crippen LogP contribution in [0.2, 0.25) is 0 Å². The van der Waals surface area contributed by atoms with Crippen molar-refractivity contribution in [1.82, 2.24) is 4.40 Å². The molecule has 1 aromatic carbocycles. The van der Waals surface area contributed by atoms with Crippen LogP contribution in [0.5, 0.6) is 0 Å². The van der Waals surface area contributed by atoms with Crippen molar-refractivity contribution in [2.45, 2.75) is 0 Å². The number of benzene rings is 1. The molecule has 0 aliphatic rings. The summed E-state index contributed by atoms with van der Waals surface area (Å²) in [6, 6.07) is 18.9. The Bertz CT molecular complexity index is 1020. The van der Waals surface area contributed by atoms with E-state index in [1.54, 1.807) is 0 Å². The maximum atomic E-state index is 6.02. The van der Waals surface area contributed by atoms with E-state index in [1.165, 1.54) is 21.8 Å². The summed E-state index contributed by atoms with van der Waals surface area (Å²) in [5.41, 5.74) is 5.57. The van der Waals surface area contributed by atoms with E-state index >= 15 is 0 Å². The maximum absolute atomic E-state index is 6.02. The van der Waals surface area contributed by atoms with Gasteiger partial charge in [0.25, 0.3) is 0 Å². The van der Waals surface area contributed by atoms with Crippen molar-refractivity contribution in [1.29, 1.82) is 0 Å². The number of hydrogen-bond acceptors (Lipinski definition) is 1. The first kappa shape index (κ1) is 8.59. The Balaban J connectivity index is 2.27. The fourth-order valence-electron chi connectivity index (χ4n) is 3.02. The van der Waals surface area contributed by atoms with E-state index in [1.807, 2.05) is 12.1 Å². The number of furan rings is 1. The van der Waals surface area contributed by atoms with Crippen molar-refractivity contribution >= 4 is 38.5 Å². The summed E-state index contributed by atoms with van der Waals surface area (Å²) in [5, 5.41) is 2.43. The highest BCUT2D eigenvalue weighted by atomic mass is 16.3. The van der Waals surface area contributed by atoms with Crippen LogP contribution in [-0.2, 0) is 0 Å². The van der Waals surface area contributed by atoms with Gasteiger partial charge in [0, 0.05) is 10.9 Å². The molecule has 0 radical (unpaired) electrons. The third-order valence-corrected chi connectivity index (χ3v) is 3.76. The third-order valence-electron chi connectivity index (χ3n) is 3.76. The zero-order valence-corrected chi connectivity index (χ0v) is 9.55. The van der Waals surface area contributed by atoms with Crippen LogP contribution in [0.3, 0.4) is 0 Å². The Morgan fingerprint density at radius 2 is 1.72 bits per heavy atom. The van der Waals surface area contributed by atoms with Gasteiger partial charge < -0.3 is 8.82 Å². The molecule has 84 valence electrons. The molecule has 2 nitrogen and oxygen atoms in total. The van der Waals surface area contributed by atoms with Crippen LogP contribution in [0.1, 0.15) is 0 Å². The van der Waals surface area contributed by atoms with Crippen molar-refractivity contribution in [3.8, 4) is 0 Å². The molecule has 0 bridgehead atoms. The largest absolute Gasteiger partial charge is 0.454 e. The van der Waals surface area contributed by atoms with Gasteiger partial charge in [-0.3, -0.25) is 0 Å². The van der Waals surface area contributed by atoms with Gasteiger partial charge in [-0.15, -0.1) is 0 Å². The minimum absolute atomic E-state index is 0.965. The zero-order valence-electron chi connectivity index (χ0n) is 9.55. The first-order chi connectivity index (χ1) is 8.93. The van der Waals surface area contributed by atoms with Gasteiger partial charge in [-0.25, -0.2) is 0 Å². The SMILES string of the molecule is c1ccc2c(c1)oc1c2c2ccc3cccc1n32. The zero-order chi connectivity index (χ0) is 11.7. The summed E-state index contributed by atoms with van der Waals surface area (Å²) in [4.78, 5) is 0. The number of nitrogens with zero attached hydrogens (tertiary/aromatic N) is 1. The molecular formula is C16H9NO. The van der Waals surface area contributed by atoms with Crippen LogP contribution in [0.4, 0.5) is 0 Å². The molecule has 0 amide bonds. The molecule has 0 aliphatic heterocycles. The lowest BCUT2D eigenvalue weighted by Crippen LogP contribution is -1.79. The molecule has 0 saturated heterocycles. The van der Waals surface area contributed by atoms with Gasteiger partial charge in [-0.2, -0.15) is 0 Å². The second-order valence-electron chi connectivity index (χ2n) is 4.69. The van der Waals surface area contributed by atoms with Gasteiger partial charge in [-0.1, -0.05) is 24.3 Å². The predicted molar refractivity (Wildman–Crippen MR) is 73.4 cm³/mol. The van der Waals surface area contributed by atoms with E-state index in [4.69, 9.17) is 4.42 Å². The fraction of sp³-hybridized carbons (Fsp3) is 0. The van der Waals surface area contributed by atoms with Gasteiger partial charge in [-0.05, 0) is 30.3 Å². The monoisotopic (exact) mass is 231 g/mol. The lowest BCUT2D eigenvalue weighted by atomic mass is 10.2. The lowest BCUT2D eigenvalue weighted by Gasteiger charge is -1.95. The van der Waals surface area contributed by atoms with Gasteiger partial charge in [0.05, 0.1) is 16.4 Å². The number of aromatic nitrogens is 1. The molecule has 0 aliphatic carbocycles. The quantitative estimate of drug-likeness (QED) is 0.385. The number of para-hydroxylation sites is 1. The highest BCUT2D eigenvalue weighted by Gasteiger charge is 2.17. The molecule has 4 aromatic heterocycles. The number of fused-ring (bicyclic) bond motifs is 5. The van der Waals surface area contributed by atoms with Gasteiger partial charge in [0.1, 0.15) is 5.58 Å². The van der Waals surface area contributed by atoms with Gasteiger partial charge >= 0.3 is 0 Å². The second kappa shape index (κ2) is 2.67. The maximum Gasteiger partial charge on any atom is 0.161 e. The van der Waals surface area contributed by atoms with Gasteiger partial charge in [0.2, 0.25) is 0 Å². The topological polar surface area (TPSA) is 17.6 Å². The molecule has 18 heavy (non-hydrogen) atoms. The first-order valence-electron chi connectivity index (χ1n) is 6.06. The van der Waals surface area contributed by atoms with Crippen LogP contribution in [0.25, 0.3) is 38.5 Å². The van der Waals surface area contributed by atoms with E-state index < -0.39 is 0 Å². The fourth-order valence-corrected chi connectivity index (χ4v) is 3.02.